The average molecular weight is 550 g/mol. The number of rotatable bonds is 17. The smallest absolute Gasteiger partial charge is 0.300 e. The van der Waals surface area contributed by atoms with Crippen LogP contribution in [0.25, 0.3) is 0 Å². The number of hydrazone groups is 1. The van der Waals surface area contributed by atoms with Gasteiger partial charge in [-0.3, -0.25) is 9.59 Å². The Morgan fingerprint density at radius 2 is 1.30 bits per heavy atom. The van der Waals surface area contributed by atoms with E-state index < -0.39 is 5.66 Å². The fourth-order valence-corrected chi connectivity index (χ4v) is 4.82. The molecule has 1 aliphatic heterocycles. The number of hydrogen-bond donors (Lipinski definition) is 3. The van der Waals surface area contributed by atoms with Gasteiger partial charge in [0.15, 0.2) is 0 Å². The van der Waals surface area contributed by atoms with E-state index >= 15 is 0 Å². The number of para-hydroxylation sites is 2. The number of nitrogens with one attached hydrogen (secondary N) is 3. The first-order valence-corrected chi connectivity index (χ1v) is 15.3. The van der Waals surface area contributed by atoms with E-state index in [-0.39, 0.29) is 11.8 Å². The molecule has 0 saturated heterocycles. The molecule has 0 fully saturated rings. The summed E-state index contributed by atoms with van der Waals surface area (Å²) >= 11 is 0. The largest absolute Gasteiger partial charge is 0.350 e. The minimum atomic E-state index is -1.40. The minimum Gasteiger partial charge on any atom is -0.350 e. The molecule has 3 N–H and O–H groups in total. The van der Waals surface area contributed by atoms with Gasteiger partial charge in [-0.1, -0.05) is 115 Å². The van der Waals surface area contributed by atoms with Crippen molar-refractivity contribution in [3.63, 3.8) is 0 Å². The second kappa shape index (κ2) is 19.0. The maximum atomic E-state index is 13.8. The van der Waals surface area contributed by atoms with E-state index in [0.717, 1.165) is 31.6 Å². The van der Waals surface area contributed by atoms with Crippen molar-refractivity contribution in [2.45, 2.75) is 104 Å². The molecule has 1 aliphatic rings. The van der Waals surface area contributed by atoms with Gasteiger partial charge in [0.25, 0.3) is 5.91 Å². The second-order valence-electron chi connectivity index (χ2n) is 10.3. The third-order valence-electron chi connectivity index (χ3n) is 6.90. The number of nitrogens with zero attached hydrogens (tertiary/aromatic N) is 2. The molecule has 1 atom stereocenters. The first kappa shape index (κ1) is 33.0. The van der Waals surface area contributed by atoms with Gasteiger partial charge >= 0.3 is 0 Å². The van der Waals surface area contributed by atoms with E-state index in [9.17, 15) is 9.59 Å². The quantitative estimate of drug-likeness (QED) is 0.143. The molecule has 220 valence electrons. The fourth-order valence-electron chi connectivity index (χ4n) is 4.82. The molecule has 1 heterocycles. The molecule has 2 amide bonds. The molecule has 0 radical (unpaired) electrons. The molecule has 3 rings (SSSR count). The Bertz CT molecular complexity index is 1010. The van der Waals surface area contributed by atoms with Crippen LogP contribution in [0.3, 0.4) is 0 Å². The molecular formula is C33H51N5O2. The van der Waals surface area contributed by atoms with E-state index in [2.05, 4.69) is 36.7 Å². The average Bonchev–Trinajstić information content (AvgIpc) is 3.21. The number of benzene rings is 2. The molecule has 0 aromatic heterocycles. The fraction of sp³-hybridized carbons (Fsp3) is 0.545. The van der Waals surface area contributed by atoms with Crippen LogP contribution >= 0.6 is 0 Å². The van der Waals surface area contributed by atoms with Crippen molar-refractivity contribution in [1.29, 1.82) is 0 Å². The zero-order valence-electron chi connectivity index (χ0n) is 25.2. The van der Waals surface area contributed by atoms with E-state index in [1.807, 2.05) is 60.7 Å². The second-order valence-corrected chi connectivity index (χ2v) is 10.3. The van der Waals surface area contributed by atoms with Crippen LogP contribution in [-0.4, -0.2) is 36.3 Å². The van der Waals surface area contributed by atoms with E-state index in [4.69, 9.17) is 5.10 Å². The van der Waals surface area contributed by atoms with Crippen molar-refractivity contribution in [2.24, 2.45) is 5.10 Å². The van der Waals surface area contributed by atoms with Gasteiger partial charge in [0.1, 0.15) is 0 Å². The first-order valence-electron chi connectivity index (χ1n) is 15.3. The van der Waals surface area contributed by atoms with Crippen LogP contribution in [0.2, 0.25) is 0 Å². The third-order valence-corrected chi connectivity index (χ3v) is 6.90. The van der Waals surface area contributed by atoms with Gasteiger partial charge in [0.05, 0.1) is 11.4 Å². The van der Waals surface area contributed by atoms with Crippen molar-refractivity contribution in [3.8, 4) is 0 Å². The lowest BCUT2D eigenvalue weighted by Crippen LogP contribution is -2.64. The van der Waals surface area contributed by atoms with Crippen LogP contribution < -0.4 is 21.0 Å². The normalized spacial score (nSPS) is 16.2. The molecule has 0 saturated carbocycles. The number of carbonyl (C=O) groups excluding carboxylic acids is 2. The SMILES string of the molecule is CCCCCCCCCCCCC1=NN(c2ccccc2)C(=O)C1(NC(C)=O)Nc1ccccc1.CCNCC. The van der Waals surface area contributed by atoms with E-state index in [1.165, 1.54) is 63.3 Å². The van der Waals surface area contributed by atoms with Crippen LogP contribution in [-0.2, 0) is 9.59 Å². The highest BCUT2D eigenvalue weighted by Crippen LogP contribution is 2.30. The molecule has 7 nitrogen and oxygen atoms in total. The van der Waals surface area contributed by atoms with Gasteiger partial charge in [-0.2, -0.15) is 10.1 Å². The van der Waals surface area contributed by atoms with Crippen molar-refractivity contribution in [3.05, 3.63) is 60.7 Å². The molecule has 40 heavy (non-hydrogen) atoms. The maximum Gasteiger partial charge on any atom is 0.300 e. The van der Waals surface area contributed by atoms with Crippen LogP contribution in [0.4, 0.5) is 11.4 Å². The molecular weight excluding hydrogens is 498 g/mol. The predicted octanol–water partition coefficient (Wildman–Crippen LogP) is 7.26. The van der Waals surface area contributed by atoms with E-state index in [1.54, 1.807) is 0 Å². The summed E-state index contributed by atoms with van der Waals surface area (Å²) in [6, 6.07) is 18.9. The monoisotopic (exact) mass is 549 g/mol. The first-order chi connectivity index (χ1) is 19.5. The molecule has 0 spiro atoms. The summed E-state index contributed by atoms with van der Waals surface area (Å²) < 4.78 is 0. The summed E-state index contributed by atoms with van der Waals surface area (Å²) in [7, 11) is 0. The molecule has 0 aliphatic carbocycles. The minimum absolute atomic E-state index is 0.285. The zero-order valence-corrected chi connectivity index (χ0v) is 25.2. The lowest BCUT2D eigenvalue weighted by molar-refractivity contribution is -0.127. The highest BCUT2D eigenvalue weighted by molar-refractivity contribution is 6.25. The Morgan fingerprint density at radius 3 is 1.80 bits per heavy atom. The summed E-state index contributed by atoms with van der Waals surface area (Å²) in [5.41, 5.74) is 0.674. The Balaban J connectivity index is 0.00000103. The zero-order chi connectivity index (χ0) is 29.1. The molecule has 7 heteroatoms. The third kappa shape index (κ3) is 10.8. The summed E-state index contributed by atoms with van der Waals surface area (Å²) in [5.74, 6) is -0.586. The van der Waals surface area contributed by atoms with Crippen molar-refractivity contribution in [1.82, 2.24) is 10.6 Å². The maximum absolute atomic E-state index is 13.8. The molecule has 2 aromatic rings. The van der Waals surface area contributed by atoms with Gasteiger partial charge in [-0.05, 0) is 50.2 Å². The Labute approximate surface area is 242 Å². The number of anilines is 2. The summed E-state index contributed by atoms with van der Waals surface area (Å²) in [6.45, 7) is 10.1. The van der Waals surface area contributed by atoms with Gasteiger partial charge in [0, 0.05) is 12.6 Å². The van der Waals surface area contributed by atoms with Gasteiger partial charge in [-0.25, -0.2) is 0 Å². The lowest BCUT2D eigenvalue weighted by atomic mass is 9.96. The Kier molecular flexibility index (Phi) is 15.7. The van der Waals surface area contributed by atoms with Crippen LogP contribution in [0.15, 0.2) is 65.8 Å². The topological polar surface area (TPSA) is 85.8 Å². The van der Waals surface area contributed by atoms with Gasteiger partial charge < -0.3 is 16.0 Å². The van der Waals surface area contributed by atoms with Crippen molar-refractivity contribution in [2.75, 3.05) is 23.4 Å². The summed E-state index contributed by atoms with van der Waals surface area (Å²) in [5, 5.41) is 15.5. The predicted molar refractivity (Wildman–Crippen MR) is 169 cm³/mol. The number of hydrogen-bond acceptors (Lipinski definition) is 5. The number of carbonyl (C=O) groups is 2. The van der Waals surface area contributed by atoms with Crippen LogP contribution in [0.5, 0.6) is 0 Å². The Hall–Kier alpha value is -3.19. The van der Waals surface area contributed by atoms with Gasteiger partial charge in [-0.15, -0.1) is 0 Å². The molecule has 0 bridgehead atoms. The summed E-state index contributed by atoms with van der Waals surface area (Å²) in [6.07, 6.45) is 13.0. The number of amides is 2. The van der Waals surface area contributed by atoms with Gasteiger partial charge in [0.2, 0.25) is 11.6 Å². The molecule has 2 aromatic carbocycles. The van der Waals surface area contributed by atoms with Crippen LogP contribution in [0.1, 0.15) is 98.3 Å². The standard InChI is InChI=1S/C29H40N4O2.C4H11N/c1-3-4-5-6-7-8-9-10-11-18-23-27-29(30-24(2)34,31-25-19-14-12-15-20-25)28(35)33(32-27)26-21-16-13-17-22-26;1-3-5-4-2/h12-17,19-22,31H,3-11,18,23H2,1-2H3,(H,30,34);5H,3-4H2,1-2H3. The lowest BCUT2D eigenvalue weighted by Gasteiger charge is -2.32. The van der Waals surface area contributed by atoms with Crippen LogP contribution in [0, 0.1) is 0 Å². The number of unbranched alkanes of at least 4 members (excludes halogenated alkanes) is 9. The van der Waals surface area contributed by atoms with E-state index in [0.29, 0.717) is 17.8 Å². The van der Waals surface area contributed by atoms with Crippen molar-refractivity contribution >= 4 is 28.9 Å². The summed E-state index contributed by atoms with van der Waals surface area (Å²) in [4.78, 5) is 26.1. The highest BCUT2D eigenvalue weighted by atomic mass is 16.2. The van der Waals surface area contributed by atoms with Crippen molar-refractivity contribution < 1.29 is 9.59 Å². The molecule has 1 unspecified atom stereocenters. The Morgan fingerprint density at radius 1 is 0.775 bits per heavy atom. The highest BCUT2D eigenvalue weighted by Gasteiger charge is 2.52.